The Morgan fingerprint density at radius 2 is 2.29 bits per heavy atom. The molecule has 1 fully saturated rings. The Labute approximate surface area is 130 Å². The van der Waals surface area contributed by atoms with E-state index in [1.807, 2.05) is 11.3 Å². The molecule has 0 spiro atoms. The topological polar surface area (TPSA) is 24.5 Å². The van der Waals surface area contributed by atoms with Gasteiger partial charge in [-0.05, 0) is 31.0 Å². The molecular formula is C17H24N2OS. The first-order valence-corrected chi connectivity index (χ1v) is 8.63. The van der Waals surface area contributed by atoms with Crippen LogP contribution in [0.15, 0.2) is 30.3 Å². The Kier molecular flexibility index (Phi) is 4.91. The number of fused-ring (bicyclic) bond motifs is 1. The second-order valence-electron chi connectivity index (χ2n) is 5.70. The minimum Gasteiger partial charge on any atom is -0.374 e. The van der Waals surface area contributed by atoms with Crippen LogP contribution in [0, 0.1) is 0 Å². The van der Waals surface area contributed by atoms with Crippen LogP contribution in [0.5, 0.6) is 0 Å². The Bertz CT molecular complexity index is 550. The van der Waals surface area contributed by atoms with Gasteiger partial charge in [0, 0.05) is 35.3 Å². The van der Waals surface area contributed by atoms with Crippen LogP contribution >= 0.6 is 11.3 Å². The maximum absolute atomic E-state index is 5.85. The summed E-state index contributed by atoms with van der Waals surface area (Å²) in [6.45, 7) is 9.47. The molecule has 1 aromatic heterocycles. The molecule has 2 heterocycles. The molecule has 0 radical (unpaired) electrons. The lowest BCUT2D eigenvalue weighted by Gasteiger charge is -2.32. The summed E-state index contributed by atoms with van der Waals surface area (Å²) in [4.78, 5) is 3.86. The van der Waals surface area contributed by atoms with Gasteiger partial charge in [-0.1, -0.05) is 25.1 Å². The summed E-state index contributed by atoms with van der Waals surface area (Å²) >= 11 is 1.88. The molecule has 3 nitrogen and oxygen atoms in total. The van der Waals surface area contributed by atoms with Gasteiger partial charge < -0.3 is 10.1 Å². The van der Waals surface area contributed by atoms with Gasteiger partial charge in [0.05, 0.1) is 12.7 Å². The molecular weight excluding hydrogens is 280 g/mol. The number of morpholine rings is 1. The Morgan fingerprint density at radius 1 is 1.43 bits per heavy atom. The van der Waals surface area contributed by atoms with Crippen molar-refractivity contribution in [2.24, 2.45) is 0 Å². The maximum Gasteiger partial charge on any atom is 0.0826 e. The van der Waals surface area contributed by atoms with Crippen molar-refractivity contribution >= 4 is 21.4 Å². The van der Waals surface area contributed by atoms with Crippen LogP contribution in [0.3, 0.4) is 0 Å². The van der Waals surface area contributed by atoms with Crippen molar-refractivity contribution < 1.29 is 4.74 Å². The van der Waals surface area contributed by atoms with Gasteiger partial charge in [-0.25, -0.2) is 0 Å². The Hall–Kier alpha value is -0.940. The number of ether oxygens (including phenoxy) is 1. The zero-order valence-electron chi connectivity index (χ0n) is 12.8. The van der Waals surface area contributed by atoms with Crippen LogP contribution in [0.1, 0.15) is 24.8 Å². The van der Waals surface area contributed by atoms with E-state index in [1.54, 1.807) is 0 Å². The molecule has 1 saturated heterocycles. The molecule has 0 amide bonds. The average Bonchev–Trinajstić information content (AvgIpc) is 2.97. The average molecular weight is 304 g/mol. The van der Waals surface area contributed by atoms with E-state index in [9.17, 15) is 0 Å². The van der Waals surface area contributed by atoms with Gasteiger partial charge in [-0.2, -0.15) is 0 Å². The summed E-state index contributed by atoms with van der Waals surface area (Å²) in [7, 11) is 0. The van der Waals surface area contributed by atoms with Crippen molar-refractivity contribution in [3.8, 4) is 0 Å². The summed E-state index contributed by atoms with van der Waals surface area (Å²) in [5.74, 6) is 0. The number of benzene rings is 1. The van der Waals surface area contributed by atoms with Crippen LogP contribution in [0.25, 0.3) is 10.1 Å². The van der Waals surface area contributed by atoms with Gasteiger partial charge in [0.2, 0.25) is 0 Å². The lowest BCUT2D eigenvalue weighted by atomic mass is 10.2. The highest BCUT2D eigenvalue weighted by atomic mass is 32.1. The Morgan fingerprint density at radius 3 is 3.10 bits per heavy atom. The van der Waals surface area contributed by atoms with E-state index >= 15 is 0 Å². The number of hydrogen-bond donors (Lipinski definition) is 1. The molecule has 114 valence electrons. The molecule has 2 unspecified atom stereocenters. The standard InChI is InChI=1S/C17H24N2OS/c1-3-19-8-9-20-15(12-19)11-18-13(2)17-10-14-6-4-5-7-16(14)21-17/h4-7,10,13,15,18H,3,8-9,11-12H2,1-2H3. The van der Waals surface area contributed by atoms with Gasteiger partial charge in [0.1, 0.15) is 0 Å². The molecule has 0 bridgehead atoms. The van der Waals surface area contributed by atoms with Crippen LogP contribution in [0.4, 0.5) is 0 Å². The third-order valence-electron chi connectivity index (χ3n) is 4.19. The summed E-state index contributed by atoms with van der Waals surface area (Å²) in [5, 5.41) is 4.98. The number of nitrogens with zero attached hydrogens (tertiary/aromatic N) is 1. The highest BCUT2D eigenvalue weighted by Crippen LogP contribution is 2.29. The minimum absolute atomic E-state index is 0.315. The van der Waals surface area contributed by atoms with Crippen LogP contribution < -0.4 is 5.32 Å². The lowest BCUT2D eigenvalue weighted by Crippen LogP contribution is -2.46. The third kappa shape index (κ3) is 3.64. The van der Waals surface area contributed by atoms with Crippen molar-refractivity contribution in [3.63, 3.8) is 0 Å². The number of likely N-dealkylation sites (N-methyl/N-ethyl adjacent to an activating group) is 1. The molecule has 0 aliphatic carbocycles. The largest absolute Gasteiger partial charge is 0.374 e. The van der Waals surface area contributed by atoms with Crippen molar-refractivity contribution in [1.29, 1.82) is 0 Å². The van der Waals surface area contributed by atoms with E-state index in [4.69, 9.17) is 4.74 Å². The molecule has 21 heavy (non-hydrogen) atoms. The first-order chi connectivity index (χ1) is 10.3. The number of rotatable bonds is 5. The van der Waals surface area contributed by atoms with E-state index in [0.717, 1.165) is 32.8 Å². The highest BCUT2D eigenvalue weighted by Gasteiger charge is 2.20. The van der Waals surface area contributed by atoms with E-state index in [0.29, 0.717) is 12.1 Å². The summed E-state index contributed by atoms with van der Waals surface area (Å²) < 4.78 is 7.22. The van der Waals surface area contributed by atoms with Crippen LogP contribution in [-0.4, -0.2) is 43.8 Å². The SMILES string of the molecule is CCN1CCOC(CNC(C)c2cc3ccccc3s2)C1. The third-order valence-corrected chi connectivity index (χ3v) is 5.49. The summed E-state index contributed by atoms with van der Waals surface area (Å²) in [5.41, 5.74) is 0. The van der Waals surface area contributed by atoms with Crippen molar-refractivity contribution in [2.75, 3.05) is 32.8 Å². The highest BCUT2D eigenvalue weighted by molar-refractivity contribution is 7.19. The first-order valence-electron chi connectivity index (χ1n) is 7.82. The van der Waals surface area contributed by atoms with Crippen molar-refractivity contribution in [1.82, 2.24) is 10.2 Å². The van der Waals surface area contributed by atoms with Gasteiger partial charge in [-0.3, -0.25) is 4.90 Å². The molecule has 0 saturated carbocycles. The molecule has 2 aromatic rings. The number of thiophene rings is 1. The smallest absolute Gasteiger partial charge is 0.0826 e. The molecule has 4 heteroatoms. The predicted molar refractivity (Wildman–Crippen MR) is 90.1 cm³/mol. The van der Waals surface area contributed by atoms with E-state index in [-0.39, 0.29) is 0 Å². The zero-order valence-corrected chi connectivity index (χ0v) is 13.7. The van der Waals surface area contributed by atoms with Crippen molar-refractivity contribution in [3.05, 3.63) is 35.2 Å². The molecule has 1 aromatic carbocycles. The quantitative estimate of drug-likeness (QED) is 0.917. The van der Waals surface area contributed by atoms with E-state index < -0.39 is 0 Å². The summed E-state index contributed by atoms with van der Waals surface area (Å²) in [6, 6.07) is 11.3. The molecule has 1 N–H and O–H groups in total. The maximum atomic E-state index is 5.85. The molecule has 1 aliphatic rings. The fourth-order valence-corrected chi connectivity index (χ4v) is 3.91. The van der Waals surface area contributed by atoms with Gasteiger partial charge in [-0.15, -0.1) is 11.3 Å². The molecule has 1 aliphatic heterocycles. The van der Waals surface area contributed by atoms with Crippen LogP contribution in [-0.2, 0) is 4.74 Å². The Balaban J connectivity index is 1.57. The fourth-order valence-electron chi connectivity index (χ4n) is 2.82. The van der Waals surface area contributed by atoms with Gasteiger partial charge >= 0.3 is 0 Å². The van der Waals surface area contributed by atoms with E-state index in [1.165, 1.54) is 15.0 Å². The van der Waals surface area contributed by atoms with E-state index in [2.05, 4.69) is 54.4 Å². The lowest BCUT2D eigenvalue weighted by molar-refractivity contribution is -0.0261. The summed E-state index contributed by atoms with van der Waals surface area (Å²) in [6.07, 6.45) is 0.315. The minimum atomic E-state index is 0.315. The second-order valence-corrected chi connectivity index (χ2v) is 6.82. The normalized spacial score (nSPS) is 21.7. The molecule has 2 atom stereocenters. The number of hydrogen-bond acceptors (Lipinski definition) is 4. The van der Waals surface area contributed by atoms with Gasteiger partial charge in [0.25, 0.3) is 0 Å². The molecule has 3 rings (SSSR count). The first kappa shape index (κ1) is 15.0. The van der Waals surface area contributed by atoms with Crippen molar-refractivity contribution in [2.45, 2.75) is 26.0 Å². The fraction of sp³-hybridized carbons (Fsp3) is 0.529. The van der Waals surface area contributed by atoms with Crippen LogP contribution in [0.2, 0.25) is 0 Å². The predicted octanol–water partition coefficient (Wildman–Crippen LogP) is 3.27. The second kappa shape index (κ2) is 6.88. The van der Waals surface area contributed by atoms with Gasteiger partial charge in [0.15, 0.2) is 0 Å². The zero-order chi connectivity index (χ0) is 14.7. The monoisotopic (exact) mass is 304 g/mol. The number of nitrogens with one attached hydrogen (secondary N) is 1.